The van der Waals surface area contributed by atoms with Gasteiger partial charge in [-0.15, -0.1) is 0 Å². The molecule has 114 valence electrons. The Kier molecular flexibility index (Phi) is 11.7. The molecule has 0 aromatic rings. The van der Waals surface area contributed by atoms with Gasteiger partial charge in [0, 0.05) is 39.9 Å². The van der Waals surface area contributed by atoms with Crippen LogP contribution in [-0.4, -0.2) is 77.6 Å². The van der Waals surface area contributed by atoms with Crippen molar-refractivity contribution in [1.82, 2.24) is 15.5 Å². The molecule has 0 aromatic carbocycles. The van der Waals surface area contributed by atoms with Crippen LogP contribution in [0.3, 0.4) is 0 Å². The standard InChI is InChI=1S/C13H30N4O2/c1-6-14-13(16-12(2)11-19-5)15-7-8-17(3)9-10-18-4/h12H,6-11H2,1-5H3,(H2,14,15,16). The highest BCUT2D eigenvalue weighted by atomic mass is 16.5. The van der Waals surface area contributed by atoms with Crippen LogP contribution in [0.4, 0.5) is 0 Å². The van der Waals surface area contributed by atoms with Crippen molar-refractivity contribution in [2.24, 2.45) is 4.99 Å². The van der Waals surface area contributed by atoms with Crippen molar-refractivity contribution in [2.75, 3.05) is 60.7 Å². The quantitative estimate of drug-likeness (QED) is 0.439. The zero-order chi connectivity index (χ0) is 14.5. The number of hydrogen-bond acceptors (Lipinski definition) is 4. The Labute approximate surface area is 117 Å². The molecule has 6 heteroatoms. The van der Waals surface area contributed by atoms with Crippen LogP contribution >= 0.6 is 0 Å². The molecule has 6 nitrogen and oxygen atoms in total. The average molecular weight is 274 g/mol. The number of ether oxygens (including phenoxy) is 2. The van der Waals surface area contributed by atoms with Crippen molar-refractivity contribution in [2.45, 2.75) is 19.9 Å². The van der Waals surface area contributed by atoms with Gasteiger partial charge in [0.2, 0.25) is 0 Å². The van der Waals surface area contributed by atoms with E-state index in [0.29, 0.717) is 6.61 Å². The molecular formula is C13H30N4O2. The van der Waals surface area contributed by atoms with Crippen LogP contribution in [0.15, 0.2) is 4.99 Å². The molecule has 0 aromatic heterocycles. The number of nitrogens with one attached hydrogen (secondary N) is 2. The predicted octanol–water partition coefficient (Wildman–Crippen LogP) is 0.155. The zero-order valence-corrected chi connectivity index (χ0v) is 13.0. The van der Waals surface area contributed by atoms with Crippen molar-refractivity contribution in [3.63, 3.8) is 0 Å². The van der Waals surface area contributed by atoms with E-state index in [2.05, 4.69) is 41.4 Å². The fourth-order valence-electron chi connectivity index (χ4n) is 1.54. The first-order valence-electron chi connectivity index (χ1n) is 6.85. The third-order valence-corrected chi connectivity index (χ3v) is 2.57. The minimum absolute atomic E-state index is 0.244. The van der Waals surface area contributed by atoms with Gasteiger partial charge in [0.05, 0.1) is 19.8 Å². The van der Waals surface area contributed by atoms with Crippen molar-refractivity contribution in [1.29, 1.82) is 0 Å². The molecule has 0 heterocycles. The van der Waals surface area contributed by atoms with Gasteiger partial charge in [-0.2, -0.15) is 0 Å². The molecule has 0 fully saturated rings. The second kappa shape index (κ2) is 12.2. The van der Waals surface area contributed by atoms with Crippen molar-refractivity contribution < 1.29 is 9.47 Å². The molecule has 0 rings (SSSR count). The normalized spacial score (nSPS) is 13.7. The van der Waals surface area contributed by atoms with Gasteiger partial charge in [0.1, 0.15) is 0 Å². The Morgan fingerprint density at radius 1 is 1.26 bits per heavy atom. The molecule has 2 N–H and O–H groups in total. The van der Waals surface area contributed by atoms with Crippen LogP contribution in [0.25, 0.3) is 0 Å². The lowest BCUT2D eigenvalue weighted by Crippen LogP contribution is -2.44. The Morgan fingerprint density at radius 3 is 2.58 bits per heavy atom. The Balaban J connectivity index is 4.03. The minimum atomic E-state index is 0.244. The van der Waals surface area contributed by atoms with E-state index in [9.17, 15) is 0 Å². The number of aliphatic imine (C=N–C) groups is 1. The van der Waals surface area contributed by atoms with E-state index in [1.54, 1.807) is 14.2 Å². The Morgan fingerprint density at radius 2 is 2.00 bits per heavy atom. The Hall–Kier alpha value is -0.850. The van der Waals surface area contributed by atoms with Crippen LogP contribution in [0.1, 0.15) is 13.8 Å². The molecule has 0 aliphatic heterocycles. The van der Waals surface area contributed by atoms with E-state index in [1.165, 1.54) is 0 Å². The number of nitrogens with zero attached hydrogens (tertiary/aromatic N) is 2. The summed E-state index contributed by atoms with van der Waals surface area (Å²) in [5, 5.41) is 6.54. The van der Waals surface area contributed by atoms with Gasteiger partial charge in [0.25, 0.3) is 0 Å². The summed E-state index contributed by atoms with van der Waals surface area (Å²) in [5.74, 6) is 0.840. The molecule has 1 unspecified atom stereocenters. The summed E-state index contributed by atoms with van der Waals surface area (Å²) in [6.07, 6.45) is 0. The van der Waals surface area contributed by atoms with Crippen molar-refractivity contribution in [3.05, 3.63) is 0 Å². The summed E-state index contributed by atoms with van der Waals surface area (Å²) in [6.45, 7) is 9.00. The largest absolute Gasteiger partial charge is 0.383 e. The monoisotopic (exact) mass is 274 g/mol. The third-order valence-electron chi connectivity index (χ3n) is 2.57. The SMILES string of the molecule is CCNC(=NCCN(C)CCOC)NC(C)COC. The molecule has 0 aliphatic rings. The van der Waals surface area contributed by atoms with E-state index in [1.807, 2.05) is 0 Å². The van der Waals surface area contributed by atoms with Gasteiger partial charge < -0.3 is 25.0 Å². The van der Waals surface area contributed by atoms with E-state index in [0.717, 1.165) is 38.7 Å². The summed E-state index contributed by atoms with van der Waals surface area (Å²) in [5.41, 5.74) is 0. The van der Waals surface area contributed by atoms with Crippen LogP contribution in [0.2, 0.25) is 0 Å². The lowest BCUT2D eigenvalue weighted by molar-refractivity contribution is 0.163. The highest BCUT2D eigenvalue weighted by Gasteiger charge is 2.04. The molecule has 0 saturated heterocycles. The highest BCUT2D eigenvalue weighted by Crippen LogP contribution is 1.86. The second-order valence-electron chi connectivity index (χ2n) is 4.56. The second-order valence-corrected chi connectivity index (χ2v) is 4.56. The maximum Gasteiger partial charge on any atom is 0.191 e. The van der Waals surface area contributed by atoms with E-state index < -0.39 is 0 Å². The first-order chi connectivity index (χ1) is 9.13. The van der Waals surface area contributed by atoms with Gasteiger partial charge in [0.15, 0.2) is 5.96 Å². The van der Waals surface area contributed by atoms with Crippen LogP contribution in [0.5, 0.6) is 0 Å². The minimum Gasteiger partial charge on any atom is -0.383 e. The fourth-order valence-corrected chi connectivity index (χ4v) is 1.54. The van der Waals surface area contributed by atoms with Gasteiger partial charge >= 0.3 is 0 Å². The van der Waals surface area contributed by atoms with Crippen LogP contribution in [0, 0.1) is 0 Å². The molecule has 0 amide bonds. The van der Waals surface area contributed by atoms with Crippen LogP contribution in [-0.2, 0) is 9.47 Å². The first kappa shape index (κ1) is 18.1. The number of hydrogen-bond donors (Lipinski definition) is 2. The number of rotatable bonds is 10. The van der Waals surface area contributed by atoms with Gasteiger partial charge in [-0.3, -0.25) is 4.99 Å². The van der Waals surface area contributed by atoms with Gasteiger partial charge in [-0.25, -0.2) is 0 Å². The molecule has 0 bridgehead atoms. The average Bonchev–Trinajstić information content (AvgIpc) is 2.36. The molecule has 0 saturated carbocycles. The summed E-state index contributed by atoms with van der Waals surface area (Å²) >= 11 is 0. The lowest BCUT2D eigenvalue weighted by Gasteiger charge is -2.18. The molecule has 1 atom stereocenters. The number of guanidine groups is 1. The van der Waals surface area contributed by atoms with E-state index in [-0.39, 0.29) is 6.04 Å². The molecular weight excluding hydrogens is 244 g/mol. The highest BCUT2D eigenvalue weighted by molar-refractivity contribution is 5.80. The maximum absolute atomic E-state index is 5.10. The fraction of sp³-hybridized carbons (Fsp3) is 0.923. The Bertz CT molecular complexity index is 237. The van der Waals surface area contributed by atoms with E-state index in [4.69, 9.17) is 9.47 Å². The number of likely N-dealkylation sites (N-methyl/N-ethyl adjacent to an activating group) is 1. The van der Waals surface area contributed by atoms with E-state index >= 15 is 0 Å². The smallest absolute Gasteiger partial charge is 0.191 e. The third kappa shape index (κ3) is 10.7. The summed E-state index contributed by atoms with van der Waals surface area (Å²) in [7, 11) is 5.49. The molecule has 19 heavy (non-hydrogen) atoms. The van der Waals surface area contributed by atoms with Gasteiger partial charge in [-0.1, -0.05) is 0 Å². The van der Waals surface area contributed by atoms with Crippen molar-refractivity contribution in [3.8, 4) is 0 Å². The molecule has 0 radical (unpaired) electrons. The first-order valence-corrected chi connectivity index (χ1v) is 6.85. The summed E-state index contributed by atoms with van der Waals surface area (Å²) in [4.78, 5) is 6.74. The van der Waals surface area contributed by atoms with Gasteiger partial charge in [-0.05, 0) is 20.9 Å². The lowest BCUT2D eigenvalue weighted by atomic mass is 10.4. The summed E-state index contributed by atoms with van der Waals surface area (Å²) < 4.78 is 10.1. The summed E-state index contributed by atoms with van der Waals surface area (Å²) in [6, 6.07) is 0.244. The topological polar surface area (TPSA) is 58.1 Å². The predicted molar refractivity (Wildman–Crippen MR) is 79.8 cm³/mol. The molecule has 0 aliphatic carbocycles. The zero-order valence-electron chi connectivity index (χ0n) is 13.0. The van der Waals surface area contributed by atoms with Crippen LogP contribution < -0.4 is 10.6 Å². The van der Waals surface area contributed by atoms with Crippen molar-refractivity contribution >= 4 is 5.96 Å². The maximum atomic E-state index is 5.10. The number of methoxy groups -OCH3 is 2. The molecule has 0 spiro atoms.